The third kappa shape index (κ3) is 5.67. The Morgan fingerprint density at radius 3 is 2.42 bits per heavy atom. The summed E-state index contributed by atoms with van der Waals surface area (Å²) in [5.41, 5.74) is 0.573. The molecule has 3 rings (SSSR count). The van der Waals surface area contributed by atoms with Crippen molar-refractivity contribution >= 4 is 67.5 Å². The van der Waals surface area contributed by atoms with Crippen LogP contribution in [0.15, 0.2) is 41.3 Å². The summed E-state index contributed by atoms with van der Waals surface area (Å²) < 4.78 is 32.9. The van der Waals surface area contributed by atoms with Crippen molar-refractivity contribution in [3.63, 3.8) is 0 Å². The van der Waals surface area contributed by atoms with Gasteiger partial charge in [0.2, 0.25) is 10.0 Å². The van der Waals surface area contributed by atoms with Crippen molar-refractivity contribution in [3.05, 3.63) is 57.3 Å². The zero-order valence-electron chi connectivity index (χ0n) is 17.9. The number of carbonyl (C=O) groups is 1. The lowest BCUT2D eigenvalue weighted by Gasteiger charge is -2.21. The zero-order valence-corrected chi connectivity index (χ0v) is 21.0. The molecule has 8 nitrogen and oxygen atoms in total. The number of sulfonamides is 1. The fourth-order valence-corrected chi connectivity index (χ4v) is 4.99. The summed E-state index contributed by atoms with van der Waals surface area (Å²) >= 11 is 17.9. The number of rotatable bonds is 8. The summed E-state index contributed by atoms with van der Waals surface area (Å²) in [5.74, 6) is 0.0314. The van der Waals surface area contributed by atoms with E-state index in [1.807, 2.05) is 19.9 Å². The van der Waals surface area contributed by atoms with Crippen LogP contribution in [0.4, 0.5) is 5.82 Å². The molecule has 1 atom stereocenters. The summed E-state index contributed by atoms with van der Waals surface area (Å²) in [5, 5.41) is 3.68. The van der Waals surface area contributed by atoms with Gasteiger partial charge in [0, 0.05) is 5.39 Å². The van der Waals surface area contributed by atoms with E-state index in [0.29, 0.717) is 16.7 Å². The Kier molecular flexibility index (Phi) is 8.02. The van der Waals surface area contributed by atoms with E-state index in [-0.39, 0.29) is 38.3 Å². The van der Waals surface area contributed by atoms with Crippen molar-refractivity contribution in [3.8, 4) is 0 Å². The second-order valence-corrected chi connectivity index (χ2v) is 10.3. The highest BCUT2D eigenvalue weighted by Gasteiger charge is 2.25. The van der Waals surface area contributed by atoms with Crippen molar-refractivity contribution in [1.82, 2.24) is 14.7 Å². The third-order valence-corrected chi connectivity index (χ3v) is 7.62. The fourth-order valence-electron chi connectivity index (χ4n) is 3.04. The second kappa shape index (κ2) is 10.4. The first-order chi connectivity index (χ1) is 15.5. The lowest BCUT2D eigenvalue weighted by atomic mass is 10.0. The van der Waals surface area contributed by atoms with Gasteiger partial charge in [-0.1, -0.05) is 60.8 Å². The molecule has 0 saturated heterocycles. The number of halogens is 3. The molecule has 33 heavy (non-hydrogen) atoms. The van der Waals surface area contributed by atoms with Gasteiger partial charge in [-0.25, -0.2) is 27.9 Å². The van der Waals surface area contributed by atoms with Gasteiger partial charge in [0.05, 0.1) is 34.2 Å². The van der Waals surface area contributed by atoms with E-state index < -0.39 is 22.0 Å². The summed E-state index contributed by atoms with van der Waals surface area (Å²) in [6, 6.07) is 9.12. The number of esters is 1. The molecule has 1 aromatic heterocycles. The number of benzene rings is 2. The minimum Gasteiger partial charge on any atom is -0.467 e. The highest BCUT2D eigenvalue weighted by Crippen LogP contribution is 2.35. The molecule has 176 valence electrons. The quantitative estimate of drug-likeness (QED) is 0.321. The van der Waals surface area contributed by atoms with Crippen LogP contribution in [-0.4, -0.2) is 37.5 Å². The van der Waals surface area contributed by atoms with E-state index in [1.165, 1.54) is 19.2 Å². The molecule has 0 amide bonds. The summed E-state index contributed by atoms with van der Waals surface area (Å²) in [7, 11) is -2.74. The van der Waals surface area contributed by atoms with E-state index in [2.05, 4.69) is 20.0 Å². The summed E-state index contributed by atoms with van der Waals surface area (Å²) in [4.78, 5) is 20.9. The molecule has 3 aromatic rings. The number of carbonyl (C=O) groups excluding carboxylic acids is 1. The number of nitrogens with one attached hydrogen (secondary N) is 2. The topological polar surface area (TPSA) is 110 Å². The van der Waals surface area contributed by atoms with Crippen LogP contribution in [0, 0.1) is 5.92 Å². The average molecular weight is 532 g/mol. The van der Waals surface area contributed by atoms with Crippen LogP contribution < -0.4 is 10.0 Å². The van der Waals surface area contributed by atoms with Crippen molar-refractivity contribution in [2.45, 2.75) is 31.3 Å². The van der Waals surface area contributed by atoms with Crippen molar-refractivity contribution in [2.75, 3.05) is 12.4 Å². The number of aromatic nitrogens is 2. The van der Waals surface area contributed by atoms with Gasteiger partial charge in [-0.3, -0.25) is 0 Å². The second-order valence-electron chi connectivity index (χ2n) is 7.39. The summed E-state index contributed by atoms with van der Waals surface area (Å²) in [6.07, 6.45) is 0. The largest absolute Gasteiger partial charge is 0.467 e. The monoisotopic (exact) mass is 530 g/mol. The number of methoxy groups -OCH3 is 1. The molecule has 2 aromatic carbocycles. The normalized spacial score (nSPS) is 12.7. The molecule has 1 heterocycles. The molecule has 0 saturated carbocycles. The first kappa shape index (κ1) is 25.5. The van der Waals surface area contributed by atoms with Gasteiger partial charge in [0.25, 0.3) is 0 Å². The molecule has 0 unspecified atom stereocenters. The Morgan fingerprint density at radius 1 is 1.06 bits per heavy atom. The maximum Gasteiger partial charge on any atom is 0.328 e. The predicted octanol–water partition coefficient (Wildman–Crippen LogP) is 4.68. The van der Waals surface area contributed by atoms with E-state index >= 15 is 0 Å². The minimum atomic E-state index is -4.05. The van der Waals surface area contributed by atoms with Gasteiger partial charge < -0.3 is 10.1 Å². The average Bonchev–Trinajstić information content (AvgIpc) is 2.78. The van der Waals surface area contributed by atoms with E-state index in [0.717, 1.165) is 0 Å². The maximum atomic E-state index is 12.8. The molecule has 12 heteroatoms. The fraction of sp³-hybridized carbons (Fsp3) is 0.286. The highest BCUT2D eigenvalue weighted by atomic mass is 35.5. The van der Waals surface area contributed by atoms with E-state index in [1.54, 1.807) is 18.2 Å². The van der Waals surface area contributed by atoms with Crippen LogP contribution in [0.25, 0.3) is 10.9 Å². The highest BCUT2D eigenvalue weighted by molar-refractivity contribution is 7.89. The minimum absolute atomic E-state index is 0.0582. The molecule has 0 aliphatic heterocycles. The molecule has 0 radical (unpaired) electrons. The van der Waals surface area contributed by atoms with Crippen molar-refractivity contribution in [2.24, 2.45) is 5.92 Å². The number of anilines is 1. The molecule has 0 bridgehead atoms. The Morgan fingerprint density at radius 2 is 1.76 bits per heavy atom. The standard InChI is InChI=1S/C21H21Cl3N4O4S/c1-11(2)19(21(29)32-3)28-20-12-6-4-5-7-14(12)26-16(27-20)10-25-33(30,31)15-9-8-13(22)17(23)18(15)24/h4-9,11,19,25H,10H2,1-3H3,(H,26,27,28)/t19-/m0/s1. The Hall–Kier alpha value is -2.17. The van der Waals surface area contributed by atoms with Gasteiger partial charge in [-0.2, -0.15) is 0 Å². The van der Waals surface area contributed by atoms with Crippen LogP contribution in [-0.2, 0) is 26.1 Å². The van der Waals surface area contributed by atoms with Gasteiger partial charge >= 0.3 is 5.97 Å². The van der Waals surface area contributed by atoms with Gasteiger partial charge in [-0.15, -0.1) is 0 Å². The predicted molar refractivity (Wildman–Crippen MR) is 129 cm³/mol. The number of hydrogen-bond acceptors (Lipinski definition) is 7. The van der Waals surface area contributed by atoms with Crippen molar-refractivity contribution in [1.29, 1.82) is 0 Å². The molecule has 0 aliphatic rings. The summed E-state index contributed by atoms with van der Waals surface area (Å²) in [6.45, 7) is 3.50. The van der Waals surface area contributed by atoms with E-state index in [4.69, 9.17) is 39.5 Å². The van der Waals surface area contributed by atoms with Crippen LogP contribution in [0.3, 0.4) is 0 Å². The van der Waals surface area contributed by atoms with Gasteiger partial charge in [0.15, 0.2) is 0 Å². The maximum absolute atomic E-state index is 12.8. The van der Waals surface area contributed by atoms with Gasteiger partial charge in [-0.05, 0) is 30.2 Å². The molecule has 0 aliphatic carbocycles. The van der Waals surface area contributed by atoms with E-state index in [9.17, 15) is 13.2 Å². The Bertz CT molecular complexity index is 1300. The molecular weight excluding hydrogens is 511 g/mol. The Balaban J connectivity index is 1.94. The van der Waals surface area contributed by atoms with Gasteiger partial charge in [0.1, 0.15) is 22.6 Å². The number of fused-ring (bicyclic) bond motifs is 1. The van der Waals surface area contributed by atoms with Crippen LogP contribution in [0.2, 0.25) is 15.1 Å². The molecule has 2 N–H and O–H groups in total. The number of ether oxygens (including phenoxy) is 1. The first-order valence-electron chi connectivity index (χ1n) is 9.78. The lowest BCUT2D eigenvalue weighted by Crippen LogP contribution is -2.36. The van der Waals surface area contributed by atoms with Crippen LogP contribution in [0.1, 0.15) is 19.7 Å². The first-order valence-corrected chi connectivity index (χ1v) is 12.4. The van der Waals surface area contributed by atoms with Crippen LogP contribution in [0.5, 0.6) is 0 Å². The number of nitrogens with zero attached hydrogens (tertiary/aromatic N) is 2. The number of hydrogen-bond donors (Lipinski definition) is 2. The molecule has 0 spiro atoms. The molecular formula is C21H21Cl3N4O4S. The third-order valence-electron chi connectivity index (χ3n) is 4.77. The lowest BCUT2D eigenvalue weighted by molar-refractivity contribution is -0.142. The van der Waals surface area contributed by atoms with Crippen LogP contribution >= 0.6 is 34.8 Å². The van der Waals surface area contributed by atoms with Crippen molar-refractivity contribution < 1.29 is 17.9 Å². The number of para-hydroxylation sites is 1. The Labute approximate surface area is 206 Å². The zero-order chi connectivity index (χ0) is 24.3. The smallest absolute Gasteiger partial charge is 0.328 e. The SMILES string of the molecule is COC(=O)[C@@H](Nc1nc(CNS(=O)(=O)c2ccc(Cl)c(Cl)c2Cl)nc2ccccc12)C(C)C. The molecule has 0 fully saturated rings.